The molecule has 1 aliphatic rings. The summed E-state index contributed by atoms with van der Waals surface area (Å²) in [4.78, 5) is 23.7. The minimum absolute atomic E-state index is 0.0237. The van der Waals surface area contributed by atoms with E-state index in [4.69, 9.17) is 0 Å². The molecule has 1 aromatic carbocycles. The topological polar surface area (TPSA) is 86.8 Å². The number of hydrogen-bond donors (Lipinski definition) is 2. The second-order valence-corrected chi connectivity index (χ2v) is 6.65. The Labute approximate surface area is 151 Å². The Morgan fingerprint density at radius 1 is 1.15 bits per heavy atom. The maximum atomic E-state index is 13.5. The van der Waals surface area contributed by atoms with Crippen molar-refractivity contribution in [3.05, 3.63) is 54.2 Å². The van der Waals surface area contributed by atoms with Gasteiger partial charge in [-0.1, -0.05) is 12.1 Å². The fourth-order valence-corrected chi connectivity index (χ4v) is 3.59. The van der Waals surface area contributed by atoms with E-state index in [1.54, 1.807) is 18.6 Å². The van der Waals surface area contributed by atoms with Crippen molar-refractivity contribution in [2.45, 2.75) is 31.8 Å². The van der Waals surface area contributed by atoms with E-state index in [-0.39, 0.29) is 11.9 Å². The molecule has 1 saturated heterocycles. The quantitative estimate of drug-likeness (QED) is 0.753. The molecule has 0 spiro atoms. The van der Waals surface area contributed by atoms with Gasteiger partial charge in [0.25, 0.3) is 5.91 Å². The zero-order valence-corrected chi connectivity index (χ0v) is 14.6. The fourth-order valence-electron chi connectivity index (χ4n) is 3.59. The number of para-hydroxylation sites is 1. The van der Waals surface area contributed by atoms with Crippen molar-refractivity contribution < 1.29 is 4.79 Å². The van der Waals surface area contributed by atoms with Gasteiger partial charge in [0, 0.05) is 35.9 Å². The number of carbonyl (C=O) groups is 1. The van der Waals surface area contributed by atoms with Gasteiger partial charge in [-0.25, -0.2) is 9.97 Å². The van der Waals surface area contributed by atoms with Crippen LogP contribution >= 0.6 is 0 Å². The number of nitrogens with one attached hydrogen (secondary N) is 2. The van der Waals surface area contributed by atoms with Gasteiger partial charge in [0.2, 0.25) is 0 Å². The largest absolute Gasteiger partial charge is 0.331 e. The predicted octanol–water partition coefficient (Wildman–Crippen LogP) is 2.14. The normalized spacial score (nSPS) is 17.8. The maximum absolute atomic E-state index is 13.5. The van der Waals surface area contributed by atoms with E-state index < -0.39 is 0 Å². The number of rotatable bonds is 4. The second kappa shape index (κ2) is 7.61. The SMILES string of the molecule is O=C(c1cccc2cn[nH]c12)N(Cc1cncnc1)[C@H]1CCCNCC1. The first kappa shape index (κ1) is 16.7. The lowest BCUT2D eigenvalue weighted by atomic mass is 10.0. The molecule has 0 saturated carbocycles. The van der Waals surface area contributed by atoms with Gasteiger partial charge in [0.05, 0.1) is 17.3 Å². The molecule has 26 heavy (non-hydrogen) atoms. The van der Waals surface area contributed by atoms with Crippen LogP contribution in [0.1, 0.15) is 35.2 Å². The number of benzene rings is 1. The highest BCUT2D eigenvalue weighted by Crippen LogP contribution is 2.23. The molecule has 0 radical (unpaired) electrons. The van der Waals surface area contributed by atoms with Gasteiger partial charge in [-0.15, -0.1) is 0 Å². The van der Waals surface area contributed by atoms with Crippen LogP contribution in [0, 0.1) is 0 Å². The molecular weight excluding hydrogens is 328 g/mol. The molecule has 1 amide bonds. The van der Waals surface area contributed by atoms with Crippen LogP contribution < -0.4 is 5.32 Å². The first-order valence-electron chi connectivity index (χ1n) is 9.00. The van der Waals surface area contributed by atoms with Crippen molar-refractivity contribution >= 4 is 16.8 Å². The summed E-state index contributed by atoms with van der Waals surface area (Å²) >= 11 is 0. The van der Waals surface area contributed by atoms with Crippen molar-refractivity contribution in [1.29, 1.82) is 0 Å². The van der Waals surface area contributed by atoms with E-state index in [2.05, 4.69) is 25.5 Å². The van der Waals surface area contributed by atoms with E-state index in [1.807, 2.05) is 23.1 Å². The van der Waals surface area contributed by atoms with Gasteiger partial charge in [0.15, 0.2) is 0 Å². The lowest BCUT2D eigenvalue weighted by Crippen LogP contribution is -2.40. The number of amides is 1. The molecule has 2 aromatic heterocycles. The van der Waals surface area contributed by atoms with Gasteiger partial charge in [-0.3, -0.25) is 9.89 Å². The molecule has 3 aromatic rings. The number of fused-ring (bicyclic) bond motifs is 1. The number of nitrogens with zero attached hydrogens (tertiary/aromatic N) is 4. The summed E-state index contributed by atoms with van der Waals surface area (Å²) < 4.78 is 0. The van der Waals surface area contributed by atoms with E-state index >= 15 is 0 Å². The number of aromatic amines is 1. The Morgan fingerprint density at radius 3 is 2.92 bits per heavy atom. The van der Waals surface area contributed by atoms with Crippen LogP contribution in [-0.4, -0.2) is 50.1 Å². The van der Waals surface area contributed by atoms with Crippen molar-refractivity contribution in [1.82, 2.24) is 30.4 Å². The van der Waals surface area contributed by atoms with Gasteiger partial charge >= 0.3 is 0 Å². The molecule has 134 valence electrons. The molecule has 7 nitrogen and oxygen atoms in total. The van der Waals surface area contributed by atoms with Crippen LogP contribution in [-0.2, 0) is 6.54 Å². The molecule has 2 N–H and O–H groups in total. The molecular formula is C19H22N6O. The summed E-state index contributed by atoms with van der Waals surface area (Å²) in [7, 11) is 0. The number of H-pyrrole nitrogens is 1. The van der Waals surface area contributed by atoms with E-state index in [0.29, 0.717) is 12.1 Å². The summed E-state index contributed by atoms with van der Waals surface area (Å²) in [6, 6.07) is 5.92. The minimum Gasteiger partial charge on any atom is -0.331 e. The Balaban J connectivity index is 1.69. The standard InChI is InChI=1S/C19H22N6O/c26-19(17-5-1-3-15-11-23-24-18(15)17)25(12-14-9-21-13-22-10-14)16-4-2-7-20-8-6-16/h1,3,5,9-11,13,16,20H,2,4,6-8,12H2,(H,23,24)/t16-/m0/s1. The molecule has 1 fully saturated rings. The molecule has 0 aliphatic carbocycles. The summed E-state index contributed by atoms with van der Waals surface area (Å²) in [6.07, 6.45) is 9.81. The molecule has 0 unspecified atom stereocenters. The average molecular weight is 350 g/mol. The van der Waals surface area contributed by atoms with Crippen molar-refractivity contribution in [2.75, 3.05) is 13.1 Å². The van der Waals surface area contributed by atoms with Gasteiger partial charge in [-0.2, -0.15) is 5.10 Å². The van der Waals surface area contributed by atoms with Crippen LogP contribution in [0.4, 0.5) is 0 Å². The third-order valence-electron chi connectivity index (χ3n) is 4.92. The molecule has 0 bridgehead atoms. The Bertz CT molecular complexity index is 870. The second-order valence-electron chi connectivity index (χ2n) is 6.65. The van der Waals surface area contributed by atoms with Crippen LogP contribution in [0.2, 0.25) is 0 Å². The highest BCUT2D eigenvalue weighted by atomic mass is 16.2. The molecule has 7 heteroatoms. The molecule has 1 aliphatic heterocycles. The first-order chi connectivity index (χ1) is 12.8. The van der Waals surface area contributed by atoms with Crippen LogP contribution in [0.3, 0.4) is 0 Å². The molecule has 1 atom stereocenters. The number of hydrogen-bond acceptors (Lipinski definition) is 5. The van der Waals surface area contributed by atoms with Gasteiger partial charge in [-0.05, 0) is 38.4 Å². The number of aromatic nitrogens is 4. The predicted molar refractivity (Wildman–Crippen MR) is 98.5 cm³/mol. The van der Waals surface area contributed by atoms with E-state index in [1.165, 1.54) is 6.33 Å². The summed E-state index contributed by atoms with van der Waals surface area (Å²) in [5.74, 6) is 0.0237. The summed E-state index contributed by atoms with van der Waals surface area (Å²) in [5, 5.41) is 11.4. The monoisotopic (exact) mass is 350 g/mol. The Hall–Kier alpha value is -2.80. The minimum atomic E-state index is 0.0237. The van der Waals surface area contributed by atoms with Gasteiger partial charge < -0.3 is 10.2 Å². The zero-order valence-electron chi connectivity index (χ0n) is 14.6. The number of carbonyl (C=O) groups excluding carboxylic acids is 1. The first-order valence-corrected chi connectivity index (χ1v) is 9.00. The fraction of sp³-hybridized carbons (Fsp3) is 0.368. The highest BCUT2D eigenvalue weighted by Gasteiger charge is 2.27. The molecule has 4 rings (SSSR count). The lowest BCUT2D eigenvalue weighted by molar-refractivity contribution is 0.0646. The van der Waals surface area contributed by atoms with E-state index in [9.17, 15) is 4.79 Å². The Kier molecular flexibility index (Phi) is 4.88. The zero-order chi connectivity index (χ0) is 17.8. The highest BCUT2D eigenvalue weighted by molar-refractivity contribution is 6.05. The Morgan fingerprint density at radius 2 is 2.04 bits per heavy atom. The smallest absolute Gasteiger partial charge is 0.256 e. The van der Waals surface area contributed by atoms with Gasteiger partial charge in [0.1, 0.15) is 6.33 Å². The third-order valence-corrected chi connectivity index (χ3v) is 4.92. The van der Waals surface area contributed by atoms with Crippen LogP contribution in [0.25, 0.3) is 10.9 Å². The molecule has 3 heterocycles. The summed E-state index contributed by atoms with van der Waals surface area (Å²) in [6.45, 7) is 2.44. The van der Waals surface area contributed by atoms with Crippen molar-refractivity contribution in [2.24, 2.45) is 0 Å². The maximum Gasteiger partial charge on any atom is 0.256 e. The third kappa shape index (κ3) is 3.43. The van der Waals surface area contributed by atoms with Crippen molar-refractivity contribution in [3.8, 4) is 0 Å². The van der Waals surface area contributed by atoms with Crippen molar-refractivity contribution in [3.63, 3.8) is 0 Å². The van der Waals surface area contributed by atoms with Crippen LogP contribution in [0.5, 0.6) is 0 Å². The summed E-state index contributed by atoms with van der Waals surface area (Å²) in [5.41, 5.74) is 2.39. The average Bonchev–Trinajstić information content (AvgIpc) is 3.01. The lowest BCUT2D eigenvalue weighted by Gasteiger charge is -2.31. The van der Waals surface area contributed by atoms with Crippen LogP contribution in [0.15, 0.2) is 43.1 Å². The van der Waals surface area contributed by atoms with E-state index in [0.717, 1.165) is 48.8 Å².